The van der Waals surface area contributed by atoms with Crippen molar-refractivity contribution >= 4 is 29.9 Å². The van der Waals surface area contributed by atoms with Crippen molar-refractivity contribution in [1.82, 2.24) is 15.6 Å². The van der Waals surface area contributed by atoms with Gasteiger partial charge in [0.25, 0.3) is 0 Å². The van der Waals surface area contributed by atoms with Crippen molar-refractivity contribution in [1.29, 1.82) is 0 Å². The third kappa shape index (κ3) is 8.88. The number of hydrogen-bond acceptors (Lipinski definition) is 4. The molecule has 154 valence electrons. The predicted octanol–water partition coefficient (Wildman–Crippen LogP) is 3.41. The van der Waals surface area contributed by atoms with Gasteiger partial charge in [-0.2, -0.15) is 0 Å². The van der Waals surface area contributed by atoms with Crippen molar-refractivity contribution in [2.45, 2.75) is 32.4 Å². The van der Waals surface area contributed by atoms with Crippen LogP contribution in [-0.2, 0) is 17.7 Å². The highest BCUT2D eigenvalue weighted by Crippen LogP contribution is 2.13. The topological polar surface area (TPSA) is 67.8 Å². The molecule has 1 unspecified atom stereocenters. The Morgan fingerprint density at radius 2 is 1.93 bits per heavy atom. The van der Waals surface area contributed by atoms with Crippen LogP contribution in [0.25, 0.3) is 0 Å². The van der Waals surface area contributed by atoms with Crippen molar-refractivity contribution in [3.8, 4) is 5.88 Å². The first kappa shape index (κ1) is 24.2. The van der Waals surface area contributed by atoms with Crippen molar-refractivity contribution in [3.63, 3.8) is 0 Å². The molecule has 1 heterocycles. The fourth-order valence-corrected chi connectivity index (χ4v) is 2.62. The molecule has 0 aliphatic carbocycles. The smallest absolute Gasteiger partial charge is 0.218 e. The van der Waals surface area contributed by atoms with E-state index in [0.29, 0.717) is 31.7 Å². The zero-order chi connectivity index (χ0) is 19.3. The van der Waals surface area contributed by atoms with E-state index in [9.17, 15) is 0 Å². The highest BCUT2D eigenvalue weighted by atomic mass is 127. The number of pyridine rings is 1. The van der Waals surface area contributed by atoms with E-state index in [-0.39, 0.29) is 24.0 Å². The van der Waals surface area contributed by atoms with Crippen LogP contribution in [0, 0.1) is 0 Å². The lowest BCUT2D eigenvalue weighted by Crippen LogP contribution is -2.42. The Kier molecular flexibility index (Phi) is 12.2. The van der Waals surface area contributed by atoms with Gasteiger partial charge in [-0.3, -0.25) is 4.99 Å². The first-order valence-corrected chi connectivity index (χ1v) is 9.29. The SMILES string of the molecule is CN=C(NCc1cccnc1OCCOC)NC(C)CCc1ccccc1.I. The molecule has 2 N–H and O–H groups in total. The molecule has 0 spiro atoms. The summed E-state index contributed by atoms with van der Waals surface area (Å²) in [5.41, 5.74) is 2.33. The van der Waals surface area contributed by atoms with Gasteiger partial charge in [-0.15, -0.1) is 24.0 Å². The molecule has 6 nitrogen and oxygen atoms in total. The Bertz CT molecular complexity index is 698. The average molecular weight is 498 g/mol. The highest BCUT2D eigenvalue weighted by molar-refractivity contribution is 14.0. The lowest BCUT2D eigenvalue weighted by atomic mass is 10.1. The zero-order valence-corrected chi connectivity index (χ0v) is 19.2. The number of aliphatic imine (C=N–C) groups is 1. The van der Waals surface area contributed by atoms with Gasteiger partial charge >= 0.3 is 0 Å². The normalized spacial score (nSPS) is 12.0. The van der Waals surface area contributed by atoms with Crippen molar-refractivity contribution in [2.24, 2.45) is 4.99 Å². The summed E-state index contributed by atoms with van der Waals surface area (Å²) < 4.78 is 10.7. The summed E-state index contributed by atoms with van der Waals surface area (Å²) in [6.07, 6.45) is 3.79. The second kappa shape index (κ2) is 14.2. The number of ether oxygens (including phenoxy) is 2. The third-order valence-corrected chi connectivity index (χ3v) is 4.14. The highest BCUT2D eigenvalue weighted by Gasteiger charge is 2.08. The minimum atomic E-state index is 0. The van der Waals surface area contributed by atoms with Gasteiger partial charge in [-0.1, -0.05) is 36.4 Å². The Labute approximate surface area is 185 Å². The molecule has 0 aliphatic heterocycles. The number of nitrogens with zero attached hydrogens (tertiary/aromatic N) is 2. The zero-order valence-electron chi connectivity index (χ0n) is 16.9. The van der Waals surface area contributed by atoms with E-state index in [4.69, 9.17) is 9.47 Å². The van der Waals surface area contributed by atoms with Crippen molar-refractivity contribution in [2.75, 3.05) is 27.4 Å². The van der Waals surface area contributed by atoms with Crippen LogP contribution in [0.1, 0.15) is 24.5 Å². The number of benzene rings is 1. The molecule has 7 heteroatoms. The van der Waals surface area contributed by atoms with E-state index < -0.39 is 0 Å². The molecule has 0 aliphatic rings. The van der Waals surface area contributed by atoms with Gasteiger partial charge in [-0.25, -0.2) is 4.98 Å². The van der Waals surface area contributed by atoms with E-state index in [2.05, 4.69) is 51.8 Å². The lowest BCUT2D eigenvalue weighted by molar-refractivity contribution is 0.143. The number of guanidine groups is 1. The second-order valence-electron chi connectivity index (χ2n) is 6.30. The molecule has 1 aromatic heterocycles. The van der Waals surface area contributed by atoms with Gasteiger partial charge in [-0.05, 0) is 31.4 Å². The fraction of sp³-hybridized carbons (Fsp3) is 0.429. The monoisotopic (exact) mass is 498 g/mol. The molecule has 2 aromatic rings. The molecular weight excluding hydrogens is 467 g/mol. The van der Waals surface area contributed by atoms with E-state index in [1.165, 1.54) is 5.56 Å². The van der Waals surface area contributed by atoms with Crippen LogP contribution in [0.2, 0.25) is 0 Å². The summed E-state index contributed by atoms with van der Waals surface area (Å²) in [4.78, 5) is 8.62. The van der Waals surface area contributed by atoms with Crippen molar-refractivity contribution in [3.05, 3.63) is 59.8 Å². The summed E-state index contributed by atoms with van der Waals surface area (Å²) in [5, 5.41) is 6.77. The Morgan fingerprint density at radius 1 is 1.14 bits per heavy atom. The van der Waals surface area contributed by atoms with E-state index in [1.54, 1.807) is 20.4 Å². The van der Waals surface area contributed by atoms with Crippen LogP contribution in [0.4, 0.5) is 0 Å². The van der Waals surface area contributed by atoms with Gasteiger partial charge in [0.1, 0.15) is 6.61 Å². The molecular formula is C21H31IN4O2. The summed E-state index contributed by atoms with van der Waals surface area (Å²) in [5.74, 6) is 1.39. The summed E-state index contributed by atoms with van der Waals surface area (Å²) in [7, 11) is 3.43. The Hall–Kier alpha value is -1.87. The number of nitrogens with one attached hydrogen (secondary N) is 2. The van der Waals surface area contributed by atoms with Gasteiger partial charge in [0.15, 0.2) is 5.96 Å². The minimum Gasteiger partial charge on any atom is -0.475 e. The first-order chi connectivity index (χ1) is 13.2. The Balaban J connectivity index is 0.00000392. The van der Waals surface area contributed by atoms with Gasteiger partial charge in [0, 0.05) is 38.5 Å². The molecule has 28 heavy (non-hydrogen) atoms. The van der Waals surface area contributed by atoms with Crippen LogP contribution in [0.3, 0.4) is 0 Å². The van der Waals surface area contributed by atoms with Crippen LogP contribution in [0.15, 0.2) is 53.7 Å². The Morgan fingerprint density at radius 3 is 2.64 bits per heavy atom. The van der Waals surface area contributed by atoms with Crippen LogP contribution in [-0.4, -0.2) is 44.4 Å². The number of aryl methyl sites for hydroxylation is 1. The summed E-state index contributed by atoms with van der Waals surface area (Å²) >= 11 is 0. The number of methoxy groups -OCH3 is 1. The average Bonchev–Trinajstić information content (AvgIpc) is 2.71. The van der Waals surface area contributed by atoms with Crippen LogP contribution >= 0.6 is 24.0 Å². The second-order valence-corrected chi connectivity index (χ2v) is 6.30. The third-order valence-electron chi connectivity index (χ3n) is 4.14. The lowest BCUT2D eigenvalue weighted by Gasteiger charge is -2.18. The van der Waals surface area contributed by atoms with Crippen LogP contribution < -0.4 is 15.4 Å². The molecule has 1 aromatic carbocycles. The maximum Gasteiger partial charge on any atom is 0.218 e. The maximum atomic E-state index is 5.68. The molecule has 0 saturated carbocycles. The molecule has 0 saturated heterocycles. The maximum absolute atomic E-state index is 5.68. The van der Waals surface area contributed by atoms with Crippen molar-refractivity contribution < 1.29 is 9.47 Å². The fourth-order valence-electron chi connectivity index (χ4n) is 2.62. The van der Waals surface area contributed by atoms with Gasteiger partial charge in [0.2, 0.25) is 5.88 Å². The molecule has 0 amide bonds. The number of aromatic nitrogens is 1. The standard InChI is InChI=1S/C21H30N4O2.HI/c1-17(11-12-18-8-5-4-6-9-18)25-21(22-2)24-16-19-10-7-13-23-20(19)27-15-14-26-3;/h4-10,13,17H,11-12,14-16H2,1-3H3,(H2,22,24,25);1H. The number of halogens is 1. The first-order valence-electron chi connectivity index (χ1n) is 9.29. The quantitative estimate of drug-likeness (QED) is 0.228. The summed E-state index contributed by atoms with van der Waals surface area (Å²) in [6.45, 7) is 3.76. The van der Waals surface area contributed by atoms with Gasteiger partial charge in [0.05, 0.1) is 6.61 Å². The summed E-state index contributed by atoms with van der Waals surface area (Å²) in [6, 6.07) is 14.7. The van der Waals surface area contributed by atoms with E-state index >= 15 is 0 Å². The minimum absolute atomic E-state index is 0. The van der Waals surface area contributed by atoms with E-state index in [0.717, 1.165) is 24.4 Å². The molecule has 1 atom stereocenters. The van der Waals surface area contributed by atoms with Gasteiger partial charge < -0.3 is 20.1 Å². The molecule has 0 fully saturated rings. The number of rotatable bonds is 10. The predicted molar refractivity (Wildman–Crippen MR) is 125 cm³/mol. The number of hydrogen-bond donors (Lipinski definition) is 2. The molecule has 0 bridgehead atoms. The molecule has 0 radical (unpaired) electrons. The van der Waals surface area contributed by atoms with E-state index in [1.807, 2.05) is 18.2 Å². The van der Waals surface area contributed by atoms with Crippen LogP contribution in [0.5, 0.6) is 5.88 Å². The largest absolute Gasteiger partial charge is 0.475 e. The molecule has 2 rings (SSSR count).